The van der Waals surface area contributed by atoms with Crippen LogP contribution >= 0.6 is 0 Å². The fraction of sp³-hybridized carbons (Fsp3) is 0.105. The number of pyridine rings is 1. The maximum Gasteiger partial charge on any atom is 0.336 e. The smallest absolute Gasteiger partial charge is 0.275 e. The van der Waals surface area contributed by atoms with E-state index < -0.39 is 28.9 Å². The minimum Gasteiger partial charge on any atom is -0.275 e. The van der Waals surface area contributed by atoms with Crippen molar-refractivity contribution in [2.75, 3.05) is 0 Å². The van der Waals surface area contributed by atoms with Gasteiger partial charge >= 0.3 is 5.92 Å². The number of benzene rings is 1. The Bertz CT molecular complexity index is 1420. The van der Waals surface area contributed by atoms with E-state index in [9.17, 15) is 8.78 Å². The summed E-state index contributed by atoms with van der Waals surface area (Å²) in [6, 6.07) is 6.02. The Hall–Kier alpha value is -3.89. The van der Waals surface area contributed by atoms with E-state index in [-0.39, 0.29) is 22.4 Å². The van der Waals surface area contributed by atoms with E-state index in [2.05, 4.69) is 25.4 Å². The van der Waals surface area contributed by atoms with Gasteiger partial charge in [0.05, 0.1) is 23.0 Å². The summed E-state index contributed by atoms with van der Waals surface area (Å²) < 4.78 is 60.9. The first-order chi connectivity index (χ1) is 14.3. The Morgan fingerprint density at radius 2 is 1.80 bits per heavy atom. The number of rotatable bonds is 3. The Labute approximate surface area is 165 Å². The van der Waals surface area contributed by atoms with Crippen LogP contribution < -0.4 is 0 Å². The number of alkyl halides is 2. The molecule has 0 spiro atoms. The normalized spacial score (nSPS) is 12.2. The zero-order valence-corrected chi connectivity index (χ0v) is 15.3. The molecule has 150 valence electrons. The summed E-state index contributed by atoms with van der Waals surface area (Å²) in [6.45, 7) is 0. The Kier molecular flexibility index (Phi) is 3.82. The molecular weight excluding hydrogens is 402 g/mol. The summed E-state index contributed by atoms with van der Waals surface area (Å²) in [5, 5.41) is 15.7. The number of hydrogen-bond acceptors (Lipinski definition) is 5. The van der Waals surface area contributed by atoms with Crippen LogP contribution in [0.2, 0.25) is 0 Å². The largest absolute Gasteiger partial charge is 0.336 e. The lowest BCUT2D eigenvalue weighted by Crippen LogP contribution is -2.22. The summed E-state index contributed by atoms with van der Waals surface area (Å²) in [5.41, 5.74) is -0.144. The molecule has 30 heavy (non-hydrogen) atoms. The number of nitrogens with zero attached hydrogens (tertiary/aromatic N) is 7. The average molecular weight is 413 g/mol. The molecule has 0 aliphatic heterocycles. The van der Waals surface area contributed by atoms with E-state index in [4.69, 9.17) is 0 Å². The van der Waals surface area contributed by atoms with Crippen molar-refractivity contribution < 1.29 is 17.6 Å². The number of aryl methyl sites for hydroxylation is 1. The lowest BCUT2D eigenvalue weighted by molar-refractivity contribution is 0.0270. The molecule has 4 aromatic heterocycles. The van der Waals surface area contributed by atoms with Gasteiger partial charge in [0.2, 0.25) is 5.82 Å². The number of fused-ring (bicyclic) bond motifs is 2. The van der Waals surface area contributed by atoms with Gasteiger partial charge in [0, 0.05) is 36.5 Å². The third kappa shape index (κ3) is 2.78. The summed E-state index contributed by atoms with van der Waals surface area (Å²) in [7, 11) is 1.61. The van der Waals surface area contributed by atoms with Crippen molar-refractivity contribution in [3.8, 4) is 11.3 Å². The van der Waals surface area contributed by atoms with Gasteiger partial charge in [-0.25, -0.2) is 8.78 Å². The second kappa shape index (κ2) is 6.31. The monoisotopic (exact) mass is 413 g/mol. The van der Waals surface area contributed by atoms with E-state index >= 15 is 8.78 Å². The fourth-order valence-electron chi connectivity index (χ4n) is 3.22. The van der Waals surface area contributed by atoms with Crippen LogP contribution in [-0.2, 0) is 13.0 Å². The van der Waals surface area contributed by atoms with Gasteiger partial charge in [-0.05, 0) is 24.3 Å². The molecule has 1 aromatic carbocycles. The first-order valence-corrected chi connectivity index (χ1v) is 8.68. The zero-order chi connectivity index (χ0) is 21.0. The first-order valence-electron chi connectivity index (χ1n) is 8.68. The molecule has 0 aliphatic rings. The van der Waals surface area contributed by atoms with E-state index in [1.807, 2.05) is 0 Å². The van der Waals surface area contributed by atoms with Gasteiger partial charge in [-0.3, -0.25) is 9.67 Å². The van der Waals surface area contributed by atoms with Crippen molar-refractivity contribution in [3.05, 3.63) is 71.9 Å². The predicted octanol–water partition coefficient (Wildman–Crippen LogP) is 3.49. The van der Waals surface area contributed by atoms with Gasteiger partial charge in [0.1, 0.15) is 11.6 Å². The van der Waals surface area contributed by atoms with Crippen LogP contribution in [0.25, 0.3) is 27.8 Å². The molecule has 5 rings (SSSR count). The maximum atomic E-state index is 15.3. The highest BCUT2D eigenvalue weighted by Crippen LogP contribution is 2.37. The highest BCUT2D eigenvalue weighted by molar-refractivity contribution is 5.79. The highest BCUT2D eigenvalue weighted by Gasteiger charge is 2.42. The van der Waals surface area contributed by atoms with Crippen molar-refractivity contribution in [2.24, 2.45) is 7.05 Å². The second-order valence-corrected chi connectivity index (χ2v) is 6.67. The van der Waals surface area contributed by atoms with Gasteiger partial charge in [-0.2, -0.15) is 23.5 Å². The molecule has 0 saturated heterocycles. The van der Waals surface area contributed by atoms with Crippen molar-refractivity contribution in [2.45, 2.75) is 5.92 Å². The quantitative estimate of drug-likeness (QED) is 0.424. The van der Waals surface area contributed by atoms with Gasteiger partial charge in [0.15, 0.2) is 5.65 Å². The third-order valence-corrected chi connectivity index (χ3v) is 4.59. The van der Waals surface area contributed by atoms with Crippen LogP contribution in [0.1, 0.15) is 11.4 Å². The van der Waals surface area contributed by atoms with Gasteiger partial charge < -0.3 is 0 Å². The van der Waals surface area contributed by atoms with Crippen LogP contribution in [0, 0.1) is 11.6 Å². The minimum atomic E-state index is -3.85. The molecule has 7 nitrogen and oxygen atoms in total. The topological polar surface area (TPSA) is 73.8 Å². The van der Waals surface area contributed by atoms with Gasteiger partial charge in [-0.1, -0.05) is 0 Å². The molecule has 0 atom stereocenters. The molecule has 4 heterocycles. The molecular formula is C19H11F4N7. The number of aromatic nitrogens is 7. The molecule has 0 saturated carbocycles. The first kappa shape index (κ1) is 18.2. The van der Waals surface area contributed by atoms with Gasteiger partial charge in [-0.15, -0.1) is 10.2 Å². The SMILES string of the molecule is Cn1cc2cc(C(F)(F)c3nnc4ccc(-c5cncc(F)c5)nn34)c(F)cc2n1. The van der Waals surface area contributed by atoms with Crippen LogP contribution in [0.15, 0.2) is 48.9 Å². The molecule has 0 N–H and O–H groups in total. The Morgan fingerprint density at radius 1 is 0.967 bits per heavy atom. The van der Waals surface area contributed by atoms with E-state index in [1.54, 1.807) is 7.05 Å². The molecule has 0 aliphatic carbocycles. The molecule has 0 unspecified atom stereocenters. The van der Waals surface area contributed by atoms with Crippen molar-refractivity contribution in [1.82, 2.24) is 34.6 Å². The lowest BCUT2D eigenvalue weighted by atomic mass is 10.0. The molecule has 0 bridgehead atoms. The molecule has 5 aromatic rings. The molecule has 0 amide bonds. The van der Waals surface area contributed by atoms with Gasteiger partial charge in [0.25, 0.3) is 0 Å². The molecule has 0 radical (unpaired) electrons. The van der Waals surface area contributed by atoms with Crippen LogP contribution in [-0.4, -0.2) is 34.6 Å². The summed E-state index contributed by atoms with van der Waals surface area (Å²) >= 11 is 0. The van der Waals surface area contributed by atoms with E-state index in [0.717, 1.165) is 22.8 Å². The van der Waals surface area contributed by atoms with Crippen LogP contribution in [0.4, 0.5) is 17.6 Å². The maximum absolute atomic E-state index is 15.3. The molecule has 11 heteroatoms. The minimum absolute atomic E-state index is 0.0284. The van der Waals surface area contributed by atoms with Crippen LogP contribution in [0.3, 0.4) is 0 Å². The summed E-state index contributed by atoms with van der Waals surface area (Å²) in [5.74, 6) is -6.45. The van der Waals surface area contributed by atoms with Crippen molar-refractivity contribution >= 4 is 16.6 Å². The van der Waals surface area contributed by atoms with Crippen molar-refractivity contribution in [1.29, 1.82) is 0 Å². The second-order valence-electron chi connectivity index (χ2n) is 6.67. The summed E-state index contributed by atoms with van der Waals surface area (Å²) in [4.78, 5) is 3.73. The number of halogens is 4. The zero-order valence-electron chi connectivity index (χ0n) is 15.3. The van der Waals surface area contributed by atoms with E-state index in [0.29, 0.717) is 5.39 Å². The third-order valence-electron chi connectivity index (χ3n) is 4.59. The average Bonchev–Trinajstić information content (AvgIpc) is 3.29. The van der Waals surface area contributed by atoms with Crippen molar-refractivity contribution in [3.63, 3.8) is 0 Å². The number of hydrogen-bond donors (Lipinski definition) is 0. The Balaban J connectivity index is 1.68. The van der Waals surface area contributed by atoms with Crippen LogP contribution in [0.5, 0.6) is 0 Å². The predicted molar refractivity (Wildman–Crippen MR) is 97.6 cm³/mol. The summed E-state index contributed by atoms with van der Waals surface area (Å²) in [6.07, 6.45) is 3.86. The molecule has 0 fully saturated rings. The fourth-order valence-corrected chi connectivity index (χ4v) is 3.22. The lowest BCUT2D eigenvalue weighted by Gasteiger charge is -2.15. The van der Waals surface area contributed by atoms with E-state index in [1.165, 1.54) is 35.3 Å². The standard InChI is InChI=1S/C19H11F4N7/c1-29-9-11-5-13(14(21)6-16(11)27-29)19(22,23)18-26-25-17-3-2-15(28-30(17)18)10-4-12(20)8-24-7-10/h2-9H,1H3. The highest BCUT2D eigenvalue weighted by atomic mass is 19.3. The Morgan fingerprint density at radius 3 is 2.60 bits per heavy atom.